The summed E-state index contributed by atoms with van der Waals surface area (Å²) < 4.78 is 0. The van der Waals surface area contributed by atoms with Crippen molar-refractivity contribution in [2.45, 2.75) is 38.6 Å². The first-order chi connectivity index (χ1) is 7.11. The number of hydrogen-bond donors (Lipinski definition) is 1. The molecule has 1 amide bonds. The van der Waals surface area contributed by atoms with Crippen LogP contribution in [0.5, 0.6) is 0 Å². The van der Waals surface area contributed by atoms with E-state index in [9.17, 15) is 9.59 Å². The molecule has 1 heterocycles. The van der Waals surface area contributed by atoms with Gasteiger partial charge >= 0.3 is 5.97 Å². The molecular weight excluding hydrogens is 194 g/mol. The first kappa shape index (κ1) is 10.5. The van der Waals surface area contributed by atoms with Crippen molar-refractivity contribution < 1.29 is 14.7 Å². The number of aliphatic carboxylic acids is 1. The lowest BCUT2D eigenvalue weighted by atomic mass is 10.0. The highest BCUT2D eigenvalue weighted by molar-refractivity contribution is 5.87. The molecule has 0 aromatic heterocycles. The number of carboxylic acid groups (broad SMARTS) is 1. The van der Waals surface area contributed by atoms with Gasteiger partial charge in [-0.2, -0.15) is 0 Å². The third kappa shape index (κ3) is 1.98. The fourth-order valence-corrected chi connectivity index (χ4v) is 2.33. The molecule has 0 radical (unpaired) electrons. The van der Waals surface area contributed by atoms with Gasteiger partial charge in [0.2, 0.25) is 5.91 Å². The quantitative estimate of drug-likeness (QED) is 0.744. The molecular formula is C11H17NO3. The fraction of sp³-hybridized carbons (Fsp3) is 0.818. The van der Waals surface area contributed by atoms with E-state index < -0.39 is 12.0 Å². The van der Waals surface area contributed by atoms with Crippen molar-refractivity contribution in [3.05, 3.63) is 0 Å². The van der Waals surface area contributed by atoms with E-state index in [2.05, 4.69) is 0 Å². The number of amides is 1. The van der Waals surface area contributed by atoms with Crippen molar-refractivity contribution in [3.8, 4) is 0 Å². The zero-order valence-corrected chi connectivity index (χ0v) is 8.98. The summed E-state index contributed by atoms with van der Waals surface area (Å²) in [6.07, 6.45) is 3.40. The summed E-state index contributed by atoms with van der Waals surface area (Å²) in [5, 5.41) is 9.03. The Morgan fingerprint density at radius 3 is 2.53 bits per heavy atom. The number of nitrogens with zero attached hydrogens (tertiary/aromatic N) is 1. The Bertz CT molecular complexity index is 290. The zero-order valence-electron chi connectivity index (χ0n) is 8.98. The van der Waals surface area contributed by atoms with Gasteiger partial charge in [0, 0.05) is 12.5 Å². The van der Waals surface area contributed by atoms with Gasteiger partial charge in [0.25, 0.3) is 0 Å². The Balaban J connectivity index is 2.04. The van der Waals surface area contributed by atoms with E-state index in [0.717, 1.165) is 19.3 Å². The van der Waals surface area contributed by atoms with Gasteiger partial charge in [0.1, 0.15) is 6.04 Å². The van der Waals surface area contributed by atoms with E-state index in [1.165, 1.54) is 0 Å². The predicted molar refractivity (Wildman–Crippen MR) is 54.3 cm³/mol. The normalized spacial score (nSPS) is 35.0. The maximum atomic E-state index is 11.9. The van der Waals surface area contributed by atoms with Gasteiger partial charge in [-0.3, -0.25) is 4.79 Å². The van der Waals surface area contributed by atoms with Crippen molar-refractivity contribution in [3.63, 3.8) is 0 Å². The van der Waals surface area contributed by atoms with Crippen LogP contribution in [0.4, 0.5) is 0 Å². The van der Waals surface area contributed by atoms with Gasteiger partial charge in [-0.05, 0) is 31.6 Å². The van der Waals surface area contributed by atoms with E-state index in [-0.39, 0.29) is 11.8 Å². The summed E-state index contributed by atoms with van der Waals surface area (Å²) in [6.45, 7) is 2.67. The second-order valence-electron chi connectivity index (χ2n) is 4.70. The molecule has 15 heavy (non-hydrogen) atoms. The zero-order chi connectivity index (χ0) is 11.0. The molecule has 1 saturated carbocycles. The Kier molecular flexibility index (Phi) is 2.67. The van der Waals surface area contributed by atoms with Gasteiger partial charge in [0.05, 0.1) is 0 Å². The molecule has 2 rings (SSSR count). The van der Waals surface area contributed by atoms with Gasteiger partial charge in [-0.1, -0.05) is 6.92 Å². The summed E-state index contributed by atoms with van der Waals surface area (Å²) in [7, 11) is 0. The Hall–Kier alpha value is -1.06. The van der Waals surface area contributed by atoms with Gasteiger partial charge < -0.3 is 10.0 Å². The minimum absolute atomic E-state index is 0.0644. The van der Waals surface area contributed by atoms with Crippen LogP contribution in [-0.4, -0.2) is 34.5 Å². The summed E-state index contributed by atoms with van der Waals surface area (Å²) in [5.41, 5.74) is 0. The molecule has 0 aromatic carbocycles. The lowest BCUT2D eigenvalue weighted by Gasteiger charge is -2.33. The van der Waals surface area contributed by atoms with E-state index in [4.69, 9.17) is 5.11 Å². The van der Waals surface area contributed by atoms with Crippen molar-refractivity contribution >= 4 is 11.9 Å². The summed E-state index contributed by atoms with van der Waals surface area (Å²) in [5.74, 6) is -0.232. The number of likely N-dealkylation sites (tertiary alicyclic amines) is 1. The van der Waals surface area contributed by atoms with E-state index in [0.29, 0.717) is 18.9 Å². The molecule has 0 unspecified atom stereocenters. The minimum atomic E-state index is -0.851. The van der Waals surface area contributed by atoms with Crippen LogP contribution in [-0.2, 0) is 9.59 Å². The maximum absolute atomic E-state index is 11.9. The van der Waals surface area contributed by atoms with E-state index in [1.54, 1.807) is 4.90 Å². The highest BCUT2D eigenvalue weighted by Crippen LogP contribution is 2.40. The fourth-order valence-electron chi connectivity index (χ4n) is 2.33. The first-order valence-electron chi connectivity index (χ1n) is 5.64. The average molecular weight is 211 g/mol. The average Bonchev–Trinajstić information content (AvgIpc) is 2.94. The predicted octanol–water partition coefficient (Wildman–Crippen LogP) is 1.11. The SMILES string of the molecule is C[C@@H]1C[C@@H]1C(=O)N1CCCC[C@@H]1C(=O)O. The number of hydrogen-bond acceptors (Lipinski definition) is 2. The van der Waals surface area contributed by atoms with Gasteiger partial charge in [-0.15, -0.1) is 0 Å². The Morgan fingerprint density at radius 2 is 2.00 bits per heavy atom. The van der Waals surface area contributed by atoms with Crippen LogP contribution in [0.1, 0.15) is 32.6 Å². The highest BCUT2D eigenvalue weighted by atomic mass is 16.4. The van der Waals surface area contributed by atoms with E-state index in [1.807, 2.05) is 6.92 Å². The van der Waals surface area contributed by atoms with Crippen LogP contribution in [0, 0.1) is 11.8 Å². The molecule has 1 aliphatic carbocycles. The van der Waals surface area contributed by atoms with Crippen LogP contribution < -0.4 is 0 Å². The molecule has 0 bridgehead atoms. The number of carbonyl (C=O) groups excluding carboxylic acids is 1. The monoisotopic (exact) mass is 211 g/mol. The lowest BCUT2D eigenvalue weighted by Crippen LogP contribution is -2.48. The Labute approximate surface area is 89.3 Å². The highest BCUT2D eigenvalue weighted by Gasteiger charge is 2.44. The number of piperidine rings is 1. The molecule has 2 fully saturated rings. The maximum Gasteiger partial charge on any atom is 0.326 e. The second-order valence-corrected chi connectivity index (χ2v) is 4.70. The van der Waals surface area contributed by atoms with Crippen LogP contribution in [0.3, 0.4) is 0 Å². The summed E-state index contributed by atoms with van der Waals surface area (Å²) in [6, 6.07) is -0.570. The number of rotatable bonds is 2. The van der Waals surface area contributed by atoms with E-state index >= 15 is 0 Å². The standard InChI is InChI=1S/C11H17NO3/c1-7-6-8(7)10(13)12-5-3-2-4-9(12)11(14)15/h7-9H,2-6H2,1H3,(H,14,15)/t7-,8+,9-/m1/s1. The number of carboxylic acids is 1. The Morgan fingerprint density at radius 1 is 1.33 bits per heavy atom. The minimum Gasteiger partial charge on any atom is -0.480 e. The van der Waals surface area contributed by atoms with Crippen LogP contribution in [0.25, 0.3) is 0 Å². The van der Waals surface area contributed by atoms with Crippen molar-refractivity contribution in [1.82, 2.24) is 4.90 Å². The molecule has 0 aromatic rings. The topological polar surface area (TPSA) is 57.6 Å². The summed E-state index contributed by atoms with van der Waals surface area (Å²) >= 11 is 0. The summed E-state index contributed by atoms with van der Waals surface area (Å²) in [4.78, 5) is 24.5. The molecule has 1 aliphatic heterocycles. The van der Waals surface area contributed by atoms with Crippen LogP contribution in [0.2, 0.25) is 0 Å². The van der Waals surface area contributed by atoms with Crippen LogP contribution >= 0.6 is 0 Å². The molecule has 4 nitrogen and oxygen atoms in total. The smallest absolute Gasteiger partial charge is 0.326 e. The molecule has 2 aliphatic rings. The molecule has 84 valence electrons. The van der Waals surface area contributed by atoms with Gasteiger partial charge in [-0.25, -0.2) is 4.79 Å². The third-order valence-electron chi connectivity index (χ3n) is 3.50. The van der Waals surface area contributed by atoms with Crippen molar-refractivity contribution in [2.24, 2.45) is 11.8 Å². The second kappa shape index (κ2) is 3.83. The van der Waals surface area contributed by atoms with Crippen molar-refractivity contribution in [2.75, 3.05) is 6.54 Å². The molecule has 4 heteroatoms. The lowest BCUT2D eigenvalue weighted by molar-refractivity contribution is -0.152. The van der Waals surface area contributed by atoms with Gasteiger partial charge in [0.15, 0.2) is 0 Å². The molecule has 1 saturated heterocycles. The number of carbonyl (C=O) groups is 2. The first-order valence-corrected chi connectivity index (χ1v) is 5.64. The van der Waals surface area contributed by atoms with Crippen molar-refractivity contribution in [1.29, 1.82) is 0 Å². The van der Waals surface area contributed by atoms with Crippen LogP contribution in [0.15, 0.2) is 0 Å². The largest absolute Gasteiger partial charge is 0.480 e. The molecule has 0 spiro atoms. The third-order valence-corrected chi connectivity index (χ3v) is 3.50. The molecule has 1 N–H and O–H groups in total. The molecule has 3 atom stereocenters.